The van der Waals surface area contributed by atoms with Crippen LogP contribution in [0.1, 0.15) is 30.1 Å². The normalized spacial score (nSPS) is 18.7. The third kappa shape index (κ3) is 3.82. The highest BCUT2D eigenvalue weighted by Crippen LogP contribution is 2.30. The van der Waals surface area contributed by atoms with Crippen LogP contribution >= 0.6 is 0 Å². The Labute approximate surface area is 148 Å². The van der Waals surface area contributed by atoms with Gasteiger partial charge in [-0.3, -0.25) is 9.78 Å². The van der Waals surface area contributed by atoms with Gasteiger partial charge in [0.15, 0.2) is 0 Å². The second kappa shape index (κ2) is 7.66. The van der Waals surface area contributed by atoms with Crippen molar-refractivity contribution < 1.29 is 14.6 Å². The molecule has 2 unspecified atom stereocenters. The van der Waals surface area contributed by atoms with Gasteiger partial charge in [0.05, 0.1) is 18.9 Å². The van der Waals surface area contributed by atoms with Gasteiger partial charge in [0, 0.05) is 36.3 Å². The first-order chi connectivity index (χ1) is 12.1. The SMILES string of the molecule is COc1ccc(C(=O)N2CCCC(C(C)O)C2)cc1-c1ccccn1. The maximum atomic E-state index is 12.9. The van der Waals surface area contributed by atoms with Crippen molar-refractivity contribution in [3.63, 3.8) is 0 Å². The van der Waals surface area contributed by atoms with Gasteiger partial charge in [-0.15, -0.1) is 0 Å². The number of pyridine rings is 1. The molecule has 2 aromatic rings. The fraction of sp³-hybridized carbons (Fsp3) is 0.400. The summed E-state index contributed by atoms with van der Waals surface area (Å²) in [6.07, 6.45) is 3.21. The molecule has 0 spiro atoms. The van der Waals surface area contributed by atoms with Crippen molar-refractivity contribution in [2.75, 3.05) is 20.2 Å². The van der Waals surface area contributed by atoms with Gasteiger partial charge >= 0.3 is 0 Å². The van der Waals surface area contributed by atoms with Crippen molar-refractivity contribution in [3.8, 4) is 17.0 Å². The molecule has 1 amide bonds. The van der Waals surface area contributed by atoms with Crippen LogP contribution in [0, 0.1) is 5.92 Å². The quantitative estimate of drug-likeness (QED) is 0.929. The molecule has 1 aromatic carbocycles. The number of hydrogen-bond acceptors (Lipinski definition) is 4. The zero-order valence-electron chi connectivity index (χ0n) is 14.7. The molecule has 1 aliphatic heterocycles. The molecule has 1 aromatic heterocycles. The van der Waals surface area contributed by atoms with Crippen LogP contribution in [-0.2, 0) is 0 Å². The zero-order valence-corrected chi connectivity index (χ0v) is 14.7. The van der Waals surface area contributed by atoms with Crippen LogP contribution in [0.5, 0.6) is 5.75 Å². The Hall–Kier alpha value is -2.40. The van der Waals surface area contributed by atoms with Crippen molar-refractivity contribution in [1.29, 1.82) is 0 Å². The Morgan fingerprint density at radius 3 is 2.88 bits per heavy atom. The standard InChI is InChI=1S/C20H24N2O3/c1-14(23)16-6-5-11-22(13-16)20(24)15-8-9-19(25-2)17(12-15)18-7-3-4-10-21-18/h3-4,7-10,12,14,16,23H,5-6,11,13H2,1-2H3. The molecule has 0 bridgehead atoms. The number of aromatic nitrogens is 1. The average Bonchev–Trinajstić information content (AvgIpc) is 2.67. The van der Waals surface area contributed by atoms with E-state index in [0.29, 0.717) is 17.9 Å². The van der Waals surface area contributed by atoms with E-state index in [-0.39, 0.29) is 11.8 Å². The van der Waals surface area contributed by atoms with Gasteiger partial charge in [0.1, 0.15) is 5.75 Å². The number of carbonyl (C=O) groups excluding carboxylic acids is 1. The summed E-state index contributed by atoms with van der Waals surface area (Å²) in [5.74, 6) is 0.826. The monoisotopic (exact) mass is 340 g/mol. The van der Waals surface area contributed by atoms with Crippen molar-refractivity contribution in [2.45, 2.75) is 25.9 Å². The minimum absolute atomic E-state index is 0.00909. The molecule has 1 aliphatic rings. The third-order valence-electron chi connectivity index (χ3n) is 4.81. The fourth-order valence-corrected chi connectivity index (χ4v) is 3.33. The number of ether oxygens (including phenoxy) is 1. The Kier molecular flexibility index (Phi) is 5.34. The number of likely N-dealkylation sites (tertiary alicyclic amines) is 1. The van der Waals surface area contributed by atoms with Crippen LogP contribution in [0.25, 0.3) is 11.3 Å². The maximum Gasteiger partial charge on any atom is 0.253 e. The minimum Gasteiger partial charge on any atom is -0.496 e. The predicted molar refractivity (Wildman–Crippen MR) is 96.5 cm³/mol. The number of amides is 1. The van der Waals surface area contributed by atoms with Gasteiger partial charge in [0.25, 0.3) is 5.91 Å². The molecule has 25 heavy (non-hydrogen) atoms. The Bertz CT molecular complexity index is 731. The molecule has 3 rings (SSSR count). The molecule has 0 saturated carbocycles. The largest absolute Gasteiger partial charge is 0.496 e. The molecule has 2 heterocycles. The first-order valence-electron chi connectivity index (χ1n) is 8.67. The van der Waals surface area contributed by atoms with E-state index in [1.54, 1.807) is 26.3 Å². The molecule has 5 nitrogen and oxygen atoms in total. The van der Waals surface area contributed by atoms with E-state index in [1.807, 2.05) is 35.2 Å². The molecule has 1 N–H and O–H groups in total. The highest BCUT2D eigenvalue weighted by molar-refractivity contribution is 5.96. The Morgan fingerprint density at radius 1 is 1.36 bits per heavy atom. The summed E-state index contributed by atoms with van der Waals surface area (Å²) in [5.41, 5.74) is 2.19. The average molecular weight is 340 g/mol. The highest BCUT2D eigenvalue weighted by Gasteiger charge is 2.27. The molecule has 1 fully saturated rings. The van der Waals surface area contributed by atoms with E-state index in [0.717, 1.165) is 30.6 Å². The second-order valence-electron chi connectivity index (χ2n) is 6.52. The summed E-state index contributed by atoms with van der Waals surface area (Å²) < 4.78 is 5.43. The number of piperidine rings is 1. The number of rotatable bonds is 4. The number of benzene rings is 1. The number of carbonyl (C=O) groups is 1. The first kappa shape index (κ1) is 17.4. The molecule has 0 aliphatic carbocycles. The summed E-state index contributed by atoms with van der Waals surface area (Å²) in [5, 5.41) is 9.85. The van der Waals surface area contributed by atoms with Crippen LogP contribution in [0.4, 0.5) is 0 Å². The molecule has 132 valence electrons. The number of methoxy groups -OCH3 is 1. The summed E-state index contributed by atoms with van der Waals surface area (Å²) in [6.45, 7) is 3.12. The van der Waals surface area contributed by atoms with Crippen LogP contribution in [0.2, 0.25) is 0 Å². The molecular weight excluding hydrogens is 316 g/mol. The van der Waals surface area contributed by atoms with Crippen molar-refractivity contribution >= 4 is 5.91 Å². The Morgan fingerprint density at radius 2 is 2.20 bits per heavy atom. The van der Waals surface area contributed by atoms with Gasteiger partial charge in [-0.1, -0.05) is 6.07 Å². The van der Waals surface area contributed by atoms with Crippen LogP contribution in [0.15, 0.2) is 42.6 Å². The lowest BCUT2D eigenvalue weighted by Gasteiger charge is -2.34. The maximum absolute atomic E-state index is 12.9. The number of nitrogens with zero attached hydrogens (tertiary/aromatic N) is 2. The lowest BCUT2D eigenvalue weighted by Crippen LogP contribution is -2.42. The van der Waals surface area contributed by atoms with Crippen LogP contribution in [0.3, 0.4) is 0 Å². The minimum atomic E-state index is -0.393. The smallest absolute Gasteiger partial charge is 0.253 e. The Balaban J connectivity index is 1.88. The van der Waals surface area contributed by atoms with Gasteiger partial charge in [-0.25, -0.2) is 0 Å². The summed E-state index contributed by atoms with van der Waals surface area (Å²) in [4.78, 5) is 19.1. The van der Waals surface area contributed by atoms with Crippen LogP contribution < -0.4 is 4.74 Å². The second-order valence-corrected chi connectivity index (χ2v) is 6.52. The van der Waals surface area contributed by atoms with Crippen LogP contribution in [-0.4, -0.2) is 47.2 Å². The molecule has 1 saturated heterocycles. The van der Waals surface area contributed by atoms with E-state index in [4.69, 9.17) is 4.74 Å². The van der Waals surface area contributed by atoms with Gasteiger partial charge < -0.3 is 14.7 Å². The van der Waals surface area contributed by atoms with E-state index in [9.17, 15) is 9.90 Å². The van der Waals surface area contributed by atoms with Gasteiger partial charge in [-0.2, -0.15) is 0 Å². The summed E-state index contributed by atoms with van der Waals surface area (Å²) in [6, 6.07) is 11.1. The summed E-state index contributed by atoms with van der Waals surface area (Å²) in [7, 11) is 1.61. The predicted octanol–water partition coefficient (Wildman–Crippen LogP) is 2.99. The van der Waals surface area contributed by atoms with E-state index in [2.05, 4.69) is 4.98 Å². The third-order valence-corrected chi connectivity index (χ3v) is 4.81. The van der Waals surface area contributed by atoms with Crippen molar-refractivity contribution in [3.05, 3.63) is 48.2 Å². The number of hydrogen-bond donors (Lipinski definition) is 1. The zero-order chi connectivity index (χ0) is 17.8. The first-order valence-corrected chi connectivity index (χ1v) is 8.67. The molecule has 2 atom stereocenters. The molecule has 5 heteroatoms. The lowest BCUT2D eigenvalue weighted by atomic mass is 9.93. The fourth-order valence-electron chi connectivity index (χ4n) is 3.33. The summed E-state index contributed by atoms with van der Waals surface area (Å²) >= 11 is 0. The number of aliphatic hydroxyl groups excluding tert-OH is 1. The van der Waals surface area contributed by atoms with E-state index < -0.39 is 6.10 Å². The van der Waals surface area contributed by atoms with Gasteiger partial charge in [0.2, 0.25) is 0 Å². The van der Waals surface area contributed by atoms with E-state index in [1.165, 1.54) is 0 Å². The molecule has 0 radical (unpaired) electrons. The molecular formula is C20H24N2O3. The lowest BCUT2D eigenvalue weighted by molar-refractivity contribution is 0.0466. The highest BCUT2D eigenvalue weighted by atomic mass is 16.5. The van der Waals surface area contributed by atoms with E-state index >= 15 is 0 Å². The number of aliphatic hydroxyl groups is 1. The van der Waals surface area contributed by atoms with Gasteiger partial charge in [-0.05, 0) is 50.1 Å². The van der Waals surface area contributed by atoms with Crippen molar-refractivity contribution in [1.82, 2.24) is 9.88 Å². The topological polar surface area (TPSA) is 62.7 Å². The van der Waals surface area contributed by atoms with Crippen molar-refractivity contribution in [2.24, 2.45) is 5.92 Å².